The van der Waals surface area contributed by atoms with Gasteiger partial charge in [-0.2, -0.15) is 0 Å². The first-order valence-corrected chi connectivity index (χ1v) is 9.34. The second-order valence-electron chi connectivity index (χ2n) is 6.29. The maximum absolute atomic E-state index is 3.51. The van der Waals surface area contributed by atoms with Crippen molar-refractivity contribution in [3.8, 4) is 0 Å². The van der Waals surface area contributed by atoms with Gasteiger partial charge in [-0.1, -0.05) is 70.5 Å². The zero-order chi connectivity index (χ0) is 17.1. The monoisotopic (exact) mass is 391 g/mol. The summed E-state index contributed by atoms with van der Waals surface area (Å²) in [6.45, 7) is 1.87. The van der Waals surface area contributed by atoms with Crippen LogP contribution in [0, 0.1) is 0 Å². The molecule has 0 saturated carbocycles. The van der Waals surface area contributed by atoms with Crippen LogP contribution in [0.4, 0.5) is 0 Å². The summed E-state index contributed by atoms with van der Waals surface area (Å²) in [6.07, 6.45) is 3.29. The van der Waals surface area contributed by atoms with Crippen LogP contribution in [-0.4, -0.2) is 4.57 Å². The molecule has 3 aromatic carbocycles. The van der Waals surface area contributed by atoms with Crippen molar-refractivity contribution in [2.24, 2.45) is 0 Å². The van der Waals surface area contributed by atoms with Gasteiger partial charge >= 0.3 is 0 Å². The molecule has 0 aliphatic rings. The Balaban J connectivity index is 1.63. The summed E-state index contributed by atoms with van der Waals surface area (Å²) < 4.78 is 5.82. The molecular formula is C22H20BrN2+. The number of rotatable bonds is 5. The molecule has 0 atom stereocenters. The smallest absolute Gasteiger partial charge is 0.230 e. The van der Waals surface area contributed by atoms with Gasteiger partial charge in [0, 0.05) is 10.9 Å². The first-order valence-electron chi connectivity index (χ1n) is 8.55. The highest BCUT2D eigenvalue weighted by Gasteiger charge is 2.15. The van der Waals surface area contributed by atoms with Crippen molar-refractivity contribution in [3.05, 3.63) is 101 Å². The molecule has 25 heavy (non-hydrogen) atoms. The Bertz CT molecular complexity index is 972. The van der Waals surface area contributed by atoms with Crippen molar-refractivity contribution >= 4 is 27.0 Å². The van der Waals surface area contributed by atoms with Crippen LogP contribution in [0.1, 0.15) is 11.1 Å². The SMILES string of the molecule is Brc1ccc(C[n+]2cn(CCc3ccccc3)c3ccccc32)cc1. The van der Waals surface area contributed by atoms with Gasteiger partial charge < -0.3 is 0 Å². The van der Waals surface area contributed by atoms with Gasteiger partial charge in [0.1, 0.15) is 6.54 Å². The second-order valence-corrected chi connectivity index (χ2v) is 7.20. The first kappa shape index (κ1) is 16.1. The van der Waals surface area contributed by atoms with Crippen molar-refractivity contribution in [1.82, 2.24) is 4.57 Å². The van der Waals surface area contributed by atoms with Crippen molar-refractivity contribution in [3.63, 3.8) is 0 Å². The van der Waals surface area contributed by atoms with Gasteiger partial charge in [0.25, 0.3) is 0 Å². The fourth-order valence-corrected chi connectivity index (χ4v) is 3.49. The highest BCUT2D eigenvalue weighted by molar-refractivity contribution is 9.10. The van der Waals surface area contributed by atoms with E-state index in [1.165, 1.54) is 22.2 Å². The fraction of sp³-hybridized carbons (Fsp3) is 0.136. The summed E-state index contributed by atoms with van der Waals surface area (Å²) in [4.78, 5) is 0. The van der Waals surface area contributed by atoms with Crippen LogP contribution in [-0.2, 0) is 19.5 Å². The fourth-order valence-electron chi connectivity index (χ4n) is 3.23. The number of aromatic nitrogens is 2. The number of aryl methyl sites for hydroxylation is 2. The third-order valence-electron chi connectivity index (χ3n) is 4.53. The van der Waals surface area contributed by atoms with E-state index in [4.69, 9.17) is 0 Å². The molecule has 0 saturated heterocycles. The van der Waals surface area contributed by atoms with E-state index in [9.17, 15) is 0 Å². The van der Waals surface area contributed by atoms with E-state index in [0.29, 0.717) is 0 Å². The van der Waals surface area contributed by atoms with Gasteiger partial charge in [-0.05, 0) is 35.4 Å². The molecule has 3 heteroatoms. The molecule has 1 aromatic heterocycles. The number of nitrogens with zero attached hydrogens (tertiary/aromatic N) is 2. The lowest BCUT2D eigenvalue weighted by Gasteiger charge is -1.99. The summed E-state index contributed by atoms with van der Waals surface area (Å²) >= 11 is 3.51. The Morgan fingerprint density at radius 2 is 1.48 bits per heavy atom. The van der Waals surface area contributed by atoms with Gasteiger partial charge in [0.05, 0.1) is 6.54 Å². The minimum Gasteiger partial charge on any atom is -0.230 e. The van der Waals surface area contributed by atoms with Crippen LogP contribution in [0.2, 0.25) is 0 Å². The van der Waals surface area contributed by atoms with Crippen molar-refractivity contribution in [1.29, 1.82) is 0 Å². The zero-order valence-corrected chi connectivity index (χ0v) is 15.6. The number of fused-ring (bicyclic) bond motifs is 1. The third kappa shape index (κ3) is 3.67. The molecule has 4 aromatic rings. The van der Waals surface area contributed by atoms with E-state index < -0.39 is 0 Å². The Kier molecular flexibility index (Phi) is 4.66. The van der Waals surface area contributed by atoms with E-state index in [1.807, 2.05) is 0 Å². The average Bonchev–Trinajstić information content (AvgIpc) is 3.01. The van der Waals surface area contributed by atoms with E-state index in [0.717, 1.165) is 24.0 Å². The quantitative estimate of drug-likeness (QED) is 0.424. The molecule has 0 aliphatic heterocycles. The van der Waals surface area contributed by atoms with Gasteiger partial charge in [-0.15, -0.1) is 0 Å². The molecule has 0 N–H and O–H groups in total. The summed E-state index contributed by atoms with van der Waals surface area (Å²) in [6, 6.07) is 27.9. The molecular weight excluding hydrogens is 372 g/mol. The van der Waals surface area contributed by atoms with E-state index >= 15 is 0 Å². The van der Waals surface area contributed by atoms with Gasteiger partial charge in [0.2, 0.25) is 6.33 Å². The van der Waals surface area contributed by atoms with Crippen molar-refractivity contribution < 1.29 is 4.57 Å². The van der Waals surface area contributed by atoms with E-state index in [2.05, 4.69) is 110 Å². The lowest BCUT2D eigenvalue weighted by molar-refractivity contribution is -0.663. The summed E-state index contributed by atoms with van der Waals surface area (Å²) in [7, 11) is 0. The topological polar surface area (TPSA) is 8.81 Å². The van der Waals surface area contributed by atoms with Crippen LogP contribution in [0.25, 0.3) is 11.0 Å². The number of imidazole rings is 1. The number of halogens is 1. The molecule has 0 amide bonds. The average molecular weight is 392 g/mol. The Labute approximate surface area is 156 Å². The van der Waals surface area contributed by atoms with Crippen molar-refractivity contribution in [2.75, 3.05) is 0 Å². The normalized spacial score (nSPS) is 11.1. The molecule has 0 bridgehead atoms. The first-order chi connectivity index (χ1) is 12.3. The lowest BCUT2D eigenvalue weighted by atomic mass is 10.1. The highest BCUT2D eigenvalue weighted by atomic mass is 79.9. The number of benzene rings is 3. The second kappa shape index (κ2) is 7.24. The summed E-state index contributed by atoms with van der Waals surface area (Å²) in [5, 5.41) is 0. The summed E-state index contributed by atoms with van der Waals surface area (Å²) in [5.41, 5.74) is 5.24. The van der Waals surface area contributed by atoms with Crippen LogP contribution >= 0.6 is 15.9 Å². The highest BCUT2D eigenvalue weighted by Crippen LogP contribution is 2.14. The van der Waals surface area contributed by atoms with Crippen LogP contribution in [0.3, 0.4) is 0 Å². The molecule has 0 radical (unpaired) electrons. The van der Waals surface area contributed by atoms with Gasteiger partial charge in [-0.25, -0.2) is 9.13 Å². The molecule has 1 heterocycles. The van der Waals surface area contributed by atoms with Gasteiger partial charge in [-0.3, -0.25) is 0 Å². The van der Waals surface area contributed by atoms with Gasteiger partial charge in [0.15, 0.2) is 11.0 Å². The summed E-state index contributed by atoms with van der Waals surface area (Å²) in [5.74, 6) is 0. The predicted octanol–water partition coefficient (Wildman–Crippen LogP) is 4.98. The van der Waals surface area contributed by atoms with Crippen LogP contribution in [0.5, 0.6) is 0 Å². The molecule has 0 aliphatic carbocycles. The minimum absolute atomic E-state index is 0.881. The minimum atomic E-state index is 0.881. The molecule has 0 unspecified atom stereocenters. The predicted molar refractivity (Wildman–Crippen MR) is 106 cm³/mol. The van der Waals surface area contributed by atoms with E-state index in [1.54, 1.807) is 0 Å². The Morgan fingerprint density at radius 1 is 0.760 bits per heavy atom. The van der Waals surface area contributed by atoms with Crippen LogP contribution in [0.15, 0.2) is 89.7 Å². The van der Waals surface area contributed by atoms with Crippen molar-refractivity contribution in [2.45, 2.75) is 19.5 Å². The lowest BCUT2D eigenvalue weighted by Crippen LogP contribution is -2.32. The van der Waals surface area contributed by atoms with E-state index in [-0.39, 0.29) is 0 Å². The molecule has 2 nitrogen and oxygen atoms in total. The zero-order valence-electron chi connectivity index (χ0n) is 14.0. The largest absolute Gasteiger partial charge is 0.245 e. The molecule has 0 spiro atoms. The third-order valence-corrected chi connectivity index (χ3v) is 5.06. The number of hydrogen-bond acceptors (Lipinski definition) is 0. The molecule has 0 fully saturated rings. The maximum atomic E-state index is 3.51. The maximum Gasteiger partial charge on any atom is 0.245 e. The Morgan fingerprint density at radius 3 is 2.28 bits per heavy atom. The molecule has 4 rings (SSSR count). The van der Waals surface area contributed by atoms with Crippen LogP contribution < -0.4 is 4.57 Å². The Hall–Kier alpha value is -2.39. The standard InChI is InChI=1S/C22H20BrN2/c23-20-12-10-19(11-13-20)16-25-17-24(21-8-4-5-9-22(21)25)15-14-18-6-2-1-3-7-18/h1-13,17H,14-16H2/q+1. The number of hydrogen-bond donors (Lipinski definition) is 0. The molecule has 124 valence electrons. The number of para-hydroxylation sites is 2.